The number of aromatic nitrogens is 4. The first-order valence-electron chi connectivity index (χ1n) is 12.3. The van der Waals surface area contributed by atoms with Gasteiger partial charge in [0.25, 0.3) is 5.56 Å². The lowest BCUT2D eigenvalue weighted by Gasteiger charge is -2.27. The normalized spacial score (nSPS) is 12.4. The first-order valence-corrected chi connectivity index (χ1v) is 12.7. The standard InChI is InChI=1S/C30H29ClN4O2/c1-19(2)27(34-17-24(18-36)32-28(34)22-11-9-20(3)10-12-22)29-33-26-15-23(31)13-14-25(26)30(37)35(29)16-21-7-5-4-6-8-21/h4-15,17,19,27,36H,16,18H2,1-3H3/t27-/m1/s1. The van der Waals surface area contributed by atoms with Crippen molar-refractivity contribution < 1.29 is 5.11 Å². The lowest BCUT2D eigenvalue weighted by atomic mass is 10.0. The van der Waals surface area contributed by atoms with Gasteiger partial charge in [-0.25, -0.2) is 9.97 Å². The van der Waals surface area contributed by atoms with E-state index in [0.29, 0.717) is 34.0 Å². The zero-order valence-corrected chi connectivity index (χ0v) is 21.9. The molecule has 0 unspecified atom stereocenters. The van der Waals surface area contributed by atoms with Crippen LogP contribution in [-0.4, -0.2) is 24.2 Å². The van der Waals surface area contributed by atoms with E-state index in [4.69, 9.17) is 21.6 Å². The Balaban J connectivity index is 1.78. The van der Waals surface area contributed by atoms with Crippen molar-refractivity contribution in [3.63, 3.8) is 0 Å². The largest absolute Gasteiger partial charge is 0.390 e. The van der Waals surface area contributed by atoms with Gasteiger partial charge in [0.1, 0.15) is 11.6 Å². The summed E-state index contributed by atoms with van der Waals surface area (Å²) in [7, 11) is 0. The number of aliphatic hydroxyl groups is 1. The molecular formula is C30H29ClN4O2. The van der Waals surface area contributed by atoms with Crippen LogP contribution in [-0.2, 0) is 13.2 Å². The van der Waals surface area contributed by atoms with Crippen LogP contribution in [0.15, 0.2) is 83.8 Å². The second-order valence-electron chi connectivity index (χ2n) is 9.68. The molecule has 0 spiro atoms. The number of halogens is 1. The molecule has 1 atom stereocenters. The van der Waals surface area contributed by atoms with Crippen LogP contribution in [0.2, 0.25) is 5.02 Å². The third-order valence-corrected chi connectivity index (χ3v) is 6.82. The molecule has 3 aromatic carbocycles. The minimum Gasteiger partial charge on any atom is -0.390 e. The number of hydrogen-bond acceptors (Lipinski definition) is 4. The molecule has 5 rings (SSSR count). The zero-order valence-electron chi connectivity index (χ0n) is 21.1. The van der Waals surface area contributed by atoms with E-state index in [2.05, 4.69) is 13.8 Å². The number of fused-ring (bicyclic) bond motifs is 1. The summed E-state index contributed by atoms with van der Waals surface area (Å²) in [4.78, 5) is 23.7. The number of nitrogens with zero attached hydrogens (tertiary/aromatic N) is 4. The van der Waals surface area contributed by atoms with Crippen molar-refractivity contribution in [3.05, 3.63) is 117 Å². The summed E-state index contributed by atoms with van der Waals surface area (Å²) < 4.78 is 3.80. The van der Waals surface area contributed by atoms with Crippen LogP contribution in [0.1, 0.15) is 42.5 Å². The molecule has 0 aliphatic rings. The molecule has 0 saturated carbocycles. The Kier molecular flexibility index (Phi) is 6.96. The monoisotopic (exact) mass is 512 g/mol. The third-order valence-electron chi connectivity index (χ3n) is 6.58. The highest BCUT2D eigenvalue weighted by Crippen LogP contribution is 2.32. The van der Waals surface area contributed by atoms with Gasteiger partial charge in [0.2, 0.25) is 0 Å². The number of aryl methyl sites for hydroxylation is 1. The highest BCUT2D eigenvalue weighted by atomic mass is 35.5. The Morgan fingerprint density at radius 2 is 1.70 bits per heavy atom. The Hall–Kier alpha value is -3.74. The highest BCUT2D eigenvalue weighted by Gasteiger charge is 2.28. The van der Waals surface area contributed by atoms with Gasteiger partial charge >= 0.3 is 0 Å². The molecule has 5 aromatic rings. The summed E-state index contributed by atoms with van der Waals surface area (Å²) in [6.45, 7) is 6.44. The second-order valence-corrected chi connectivity index (χ2v) is 10.1. The minimum atomic E-state index is -0.330. The Morgan fingerprint density at radius 3 is 2.38 bits per heavy atom. The number of benzene rings is 3. The molecule has 188 valence electrons. The van der Waals surface area contributed by atoms with Gasteiger partial charge in [-0.1, -0.05) is 85.6 Å². The van der Waals surface area contributed by atoms with Gasteiger partial charge in [0, 0.05) is 16.8 Å². The van der Waals surface area contributed by atoms with Crippen molar-refractivity contribution >= 4 is 22.5 Å². The smallest absolute Gasteiger partial charge is 0.261 e. The first kappa shape index (κ1) is 24.9. The van der Waals surface area contributed by atoms with Crippen LogP contribution in [0.4, 0.5) is 0 Å². The fourth-order valence-electron chi connectivity index (χ4n) is 4.75. The van der Waals surface area contributed by atoms with Gasteiger partial charge in [-0.2, -0.15) is 0 Å². The predicted molar refractivity (Wildman–Crippen MR) is 148 cm³/mol. The fourth-order valence-corrected chi connectivity index (χ4v) is 4.91. The van der Waals surface area contributed by atoms with Crippen molar-refractivity contribution in [1.82, 2.24) is 19.1 Å². The molecule has 2 heterocycles. The molecule has 0 fully saturated rings. The molecule has 0 bridgehead atoms. The summed E-state index contributed by atoms with van der Waals surface area (Å²) in [6, 6.07) is 22.9. The Labute approximate surface area is 220 Å². The van der Waals surface area contributed by atoms with Gasteiger partial charge in [0.05, 0.1) is 35.8 Å². The molecule has 0 amide bonds. The zero-order chi connectivity index (χ0) is 26.1. The fraction of sp³-hybridized carbons (Fsp3) is 0.233. The topological polar surface area (TPSA) is 72.9 Å². The number of rotatable bonds is 7. The van der Waals surface area contributed by atoms with Crippen LogP contribution in [0, 0.1) is 12.8 Å². The number of aliphatic hydroxyl groups excluding tert-OH is 1. The van der Waals surface area contributed by atoms with Crippen LogP contribution in [0.5, 0.6) is 0 Å². The molecule has 37 heavy (non-hydrogen) atoms. The molecule has 7 heteroatoms. The quantitative estimate of drug-likeness (QED) is 0.290. The van der Waals surface area contributed by atoms with Crippen molar-refractivity contribution in [1.29, 1.82) is 0 Å². The maximum Gasteiger partial charge on any atom is 0.261 e. The Bertz CT molecular complexity index is 1610. The second kappa shape index (κ2) is 10.3. The van der Waals surface area contributed by atoms with Gasteiger partial charge in [0.15, 0.2) is 0 Å². The SMILES string of the molecule is Cc1ccc(-c2nc(CO)cn2[C@@H](c2nc3cc(Cl)ccc3c(=O)n2Cc2ccccc2)C(C)C)cc1. The lowest BCUT2D eigenvalue weighted by molar-refractivity contribution is 0.277. The molecule has 6 nitrogen and oxygen atoms in total. The summed E-state index contributed by atoms with van der Waals surface area (Å²) in [5.41, 5.74) is 4.07. The van der Waals surface area contributed by atoms with Crippen molar-refractivity contribution in [2.45, 2.75) is 40.0 Å². The Morgan fingerprint density at radius 1 is 0.973 bits per heavy atom. The van der Waals surface area contributed by atoms with E-state index in [1.807, 2.05) is 72.3 Å². The molecule has 2 aromatic heterocycles. The van der Waals surface area contributed by atoms with Crippen LogP contribution < -0.4 is 5.56 Å². The summed E-state index contributed by atoms with van der Waals surface area (Å²) >= 11 is 6.30. The first-order chi connectivity index (χ1) is 17.9. The summed E-state index contributed by atoms with van der Waals surface area (Å²) in [6.07, 6.45) is 1.86. The highest BCUT2D eigenvalue weighted by molar-refractivity contribution is 6.31. The average Bonchev–Trinajstić information content (AvgIpc) is 3.31. The van der Waals surface area contributed by atoms with Crippen molar-refractivity contribution in [2.75, 3.05) is 0 Å². The van der Waals surface area contributed by atoms with E-state index in [1.54, 1.807) is 22.8 Å². The average molecular weight is 513 g/mol. The van der Waals surface area contributed by atoms with Crippen LogP contribution in [0.25, 0.3) is 22.3 Å². The van der Waals surface area contributed by atoms with Crippen molar-refractivity contribution in [3.8, 4) is 11.4 Å². The molecule has 0 aliphatic heterocycles. The molecule has 0 radical (unpaired) electrons. The maximum absolute atomic E-state index is 13.9. The van der Waals surface area contributed by atoms with E-state index in [0.717, 1.165) is 22.5 Å². The number of hydrogen-bond donors (Lipinski definition) is 1. The van der Waals surface area contributed by atoms with Gasteiger partial charge in [-0.3, -0.25) is 9.36 Å². The summed E-state index contributed by atoms with van der Waals surface area (Å²) in [5.74, 6) is 1.39. The van der Waals surface area contributed by atoms with E-state index in [9.17, 15) is 9.90 Å². The molecule has 0 saturated heterocycles. The molecular weight excluding hydrogens is 484 g/mol. The van der Waals surface area contributed by atoms with Gasteiger partial charge in [-0.15, -0.1) is 0 Å². The van der Waals surface area contributed by atoms with Crippen LogP contribution in [0.3, 0.4) is 0 Å². The number of imidazole rings is 1. The molecule has 1 N–H and O–H groups in total. The van der Waals surface area contributed by atoms with E-state index in [1.165, 1.54) is 0 Å². The minimum absolute atomic E-state index is 0.0514. The van der Waals surface area contributed by atoms with E-state index >= 15 is 0 Å². The summed E-state index contributed by atoms with van der Waals surface area (Å²) in [5, 5.41) is 11.0. The maximum atomic E-state index is 13.9. The van der Waals surface area contributed by atoms with E-state index < -0.39 is 0 Å². The predicted octanol–water partition coefficient (Wildman–Crippen LogP) is 6.01. The van der Waals surface area contributed by atoms with Gasteiger partial charge in [-0.05, 0) is 36.6 Å². The van der Waals surface area contributed by atoms with Crippen LogP contribution >= 0.6 is 11.6 Å². The lowest BCUT2D eigenvalue weighted by Crippen LogP contribution is -2.31. The van der Waals surface area contributed by atoms with E-state index in [-0.39, 0.29) is 24.1 Å². The molecule has 0 aliphatic carbocycles. The van der Waals surface area contributed by atoms with Gasteiger partial charge < -0.3 is 9.67 Å². The van der Waals surface area contributed by atoms with Crippen molar-refractivity contribution in [2.24, 2.45) is 5.92 Å². The third kappa shape index (κ3) is 4.95.